The van der Waals surface area contributed by atoms with Gasteiger partial charge in [-0.2, -0.15) is 0 Å². The number of halogens is 1. The molecule has 2 fully saturated rings. The smallest absolute Gasteiger partial charge is 0.221 e. The number of morpholine rings is 1. The highest BCUT2D eigenvalue weighted by atomic mass is 35.5. The Labute approximate surface area is 196 Å². The van der Waals surface area contributed by atoms with Crippen molar-refractivity contribution in [1.29, 1.82) is 0 Å². The lowest BCUT2D eigenvalue weighted by atomic mass is 9.79. The zero-order chi connectivity index (χ0) is 22.5. The van der Waals surface area contributed by atoms with Crippen LogP contribution in [0.2, 0.25) is 5.02 Å². The Bertz CT molecular complexity index is 1250. The summed E-state index contributed by atoms with van der Waals surface area (Å²) in [4.78, 5) is 31.6. The van der Waals surface area contributed by atoms with E-state index in [0.29, 0.717) is 36.2 Å². The number of carbonyl (C=O) groups excluding carboxylic acids is 1. The van der Waals surface area contributed by atoms with Crippen LogP contribution in [0.15, 0.2) is 36.7 Å². The molecule has 170 valence electrons. The van der Waals surface area contributed by atoms with E-state index in [2.05, 4.69) is 32.0 Å². The quantitative estimate of drug-likeness (QED) is 0.562. The number of nitrogens with one attached hydrogen (secondary N) is 1. The molecule has 1 saturated carbocycles. The highest BCUT2D eigenvalue weighted by molar-refractivity contribution is 6.32. The minimum absolute atomic E-state index is 0.140. The predicted octanol–water partition coefficient (Wildman–Crippen LogP) is 2.98. The number of nitrogens with two attached hydrogens (primary N) is 1. The summed E-state index contributed by atoms with van der Waals surface area (Å²) in [6, 6.07) is 3.97. The van der Waals surface area contributed by atoms with Crippen molar-refractivity contribution >= 4 is 34.5 Å². The van der Waals surface area contributed by atoms with Crippen LogP contribution in [-0.4, -0.2) is 52.1 Å². The number of carbonyl (C=O) groups is 1. The fourth-order valence-electron chi connectivity index (χ4n) is 5.71. The van der Waals surface area contributed by atoms with Gasteiger partial charge in [-0.15, -0.1) is 0 Å². The van der Waals surface area contributed by atoms with Gasteiger partial charge in [0.1, 0.15) is 11.6 Å². The Hall–Kier alpha value is -2.97. The Morgan fingerprint density at radius 2 is 2.06 bits per heavy atom. The fourth-order valence-corrected chi connectivity index (χ4v) is 5.93. The third kappa shape index (κ3) is 3.57. The number of aromatic nitrogens is 4. The van der Waals surface area contributed by atoms with E-state index < -0.39 is 0 Å². The van der Waals surface area contributed by atoms with Gasteiger partial charge in [-0.05, 0) is 42.7 Å². The van der Waals surface area contributed by atoms with E-state index in [1.54, 1.807) is 12.4 Å². The summed E-state index contributed by atoms with van der Waals surface area (Å²) in [6.45, 7) is 3.04. The van der Waals surface area contributed by atoms with Gasteiger partial charge in [0.2, 0.25) is 5.91 Å². The number of hydrogen-bond acceptors (Lipinski definition) is 6. The molecule has 2 aliphatic carbocycles. The largest absolute Gasteiger partial charge is 0.378 e. The molecule has 4 atom stereocenters. The zero-order valence-corrected chi connectivity index (χ0v) is 18.8. The number of aromatic amines is 1. The van der Waals surface area contributed by atoms with Crippen LogP contribution in [-0.2, 0) is 16.0 Å². The first-order valence-corrected chi connectivity index (χ1v) is 11.8. The topological polar surface area (TPSA) is 110 Å². The van der Waals surface area contributed by atoms with Gasteiger partial charge in [0, 0.05) is 42.5 Å². The van der Waals surface area contributed by atoms with E-state index in [1.807, 2.05) is 12.1 Å². The van der Waals surface area contributed by atoms with Gasteiger partial charge in [0.15, 0.2) is 5.65 Å². The number of ether oxygens (including phenoxy) is 1. The number of primary amides is 1. The Morgan fingerprint density at radius 1 is 1.24 bits per heavy atom. The van der Waals surface area contributed by atoms with Crippen LogP contribution in [0, 0.1) is 23.7 Å². The molecule has 1 saturated heterocycles. The zero-order valence-electron chi connectivity index (χ0n) is 18.1. The van der Waals surface area contributed by atoms with Crippen molar-refractivity contribution in [2.24, 2.45) is 29.4 Å². The second-order valence-electron chi connectivity index (χ2n) is 9.12. The summed E-state index contributed by atoms with van der Waals surface area (Å²) in [5.74, 6) is 1.97. The maximum atomic E-state index is 12.2. The van der Waals surface area contributed by atoms with Crippen molar-refractivity contribution < 1.29 is 9.53 Å². The lowest BCUT2D eigenvalue weighted by molar-refractivity contribution is -0.123. The van der Waals surface area contributed by atoms with E-state index in [1.165, 1.54) is 0 Å². The fraction of sp³-hybridized carbons (Fsp3) is 0.417. The summed E-state index contributed by atoms with van der Waals surface area (Å²) in [7, 11) is 0. The van der Waals surface area contributed by atoms with E-state index in [0.717, 1.165) is 47.8 Å². The van der Waals surface area contributed by atoms with Crippen molar-refractivity contribution in [2.45, 2.75) is 12.8 Å². The molecule has 0 radical (unpaired) electrons. The van der Waals surface area contributed by atoms with Gasteiger partial charge in [-0.1, -0.05) is 23.8 Å². The van der Waals surface area contributed by atoms with Crippen LogP contribution in [0.5, 0.6) is 0 Å². The molecular formula is C24H25ClN6O2. The van der Waals surface area contributed by atoms with E-state index >= 15 is 0 Å². The molecule has 8 nitrogen and oxygen atoms in total. The number of hydrogen-bond donors (Lipinski definition) is 2. The Kier molecular flexibility index (Phi) is 5.07. The number of fused-ring (bicyclic) bond motifs is 3. The Morgan fingerprint density at radius 3 is 2.88 bits per heavy atom. The average Bonchev–Trinajstić information content (AvgIpc) is 3.56. The van der Waals surface area contributed by atoms with Crippen LogP contribution < -0.4 is 10.6 Å². The molecule has 3 aromatic heterocycles. The third-order valence-electron chi connectivity index (χ3n) is 7.32. The van der Waals surface area contributed by atoms with Crippen molar-refractivity contribution in [3.8, 4) is 11.4 Å². The van der Waals surface area contributed by atoms with Crippen LogP contribution >= 0.6 is 11.6 Å². The van der Waals surface area contributed by atoms with Gasteiger partial charge < -0.3 is 20.4 Å². The molecule has 3 aromatic rings. The van der Waals surface area contributed by atoms with Crippen LogP contribution in [0.1, 0.15) is 12.0 Å². The van der Waals surface area contributed by atoms with Gasteiger partial charge in [-0.3, -0.25) is 4.79 Å². The maximum Gasteiger partial charge on any atom is 0.221 e. The average molecular weight is 465 g/mol. The minimum atomic E-state index is -0.226. The van der Waals surface area contributed by atoms with Crippen molar-refractivity contribution in [1.82, 2.24) is 19.9 Å². The molecule has 0 spiro atoms. The molecule has 1 amide bonds. The van der Waals surface area contributed by atoms with Gasteiger partial charge in [0.05, 0.1) is 23.8 Å². The third-order valence-corrected chi connectivity index (χ3v) is 7.65. The number of pyridine rings is 2. The van der Waals surface area contributed by atoms with E-state index in [-0.39, 0.29) is 23.7 Å². The predicted molar refractivity (Wildman–Crippen MR) is 126 cm³/mol. The second-order valence-corrected chi connectivity index (χ2v) is 9.52. The standard InChI is InChI=1S/C24H25ClN6O2/c25-18-12-28-24-21(17(18)11-16-13-1-2-14(9-13)20(16)22(26)32)29-23(30-24)15-3-4-27-19(10-15)31-5-7-33-8-6-31/h1-4,10,12-14,16,20H,5-9,11H2,(H2,26,32)(H,28,29,30)/t13-,14+,16+,20-/m0/s1. The Balaban J connectivity index is 1.35. The van der Waals surface area contributed by atoms with Crippen LogP contribution in [0.25, 0.3) is 22.6 Å². The molecule has 2 bridgehead atoms. The summed E-state index contributed by atoms with van der Waals surface area (Å²) < 4.78 is 5.45. The molecule has 3 aliphatic rings. The molecule has 6 rings (SSSR count). The normalized spacial score (nSPS) is 26.4. The summed E-state index contributed by atoms with van der Waals surface area (Å²) in [5.41, 5.74) is 9.09. The summed E-state index contributed by atoms with van der Waals surface area (Å²) in [6.07, 6.45) is 9.47. The molecule has 1 aliphatic heterocycles. The molecular weight excluding hydrogens is 440 g/mol. The van der Waals surface area contributed by atoms with Crippen LogP contribution in [0.4, 0.5) is 5.82 Å². The van der Waals surface area contributed by atoms with E-state index in [9.17, 15) is 4.79 Å². The SMILES string of the molecule is NC(=O)[C@@H]1[C@H](Cc2c(Cl)cnc3nc(-c4ccnc(N5CCOCC5)c4)[nH]c23)[C@H]2C=C[C@@H]1C2. The number of nitrogens with zero attached hydrogens (tertiary/aromatic N) is 4. The van der Waals surface area contributed by atoms with Gasteiger partial charge in [-0.25, -0.2) is 15.0 Å². The number of rotatable bonds is 5. The first kappa shape index (κ1) is 20.6. The van der Waals surface area contributed by atoms with Crippen molar-refractivity contribution in [3.05, 3.63) is 47.3 Å². The summed E-state index contributed by atoms with van der Waals surface area (Å²) in [5, 5.41) is 0.580. The minimum Gasteiger partial charge on any atom is -0.378 e. The monoisotopic (exact) mass is 464 g/mol. The molecule has 33 heavy (non-hydrogen) atoms. The number of allylic oxidation sites excluding steroid dienone is 2. The first-order chi connectivity index (χ1) is 16.1. The number of H-pyrrole nitrogens is 1. The number of anilines is 1. The molecule has 0 aromatic carbocycles. The highest BCUT2D eigenvalue weighted by Crippen LogP contribution is 2.49. The van der Waals surface area contributed by atoms with Crippen molar-refractivity contribution in [3.63, 3.8) is 0 Å². The lowest BCUT2D eigenvalue weighted by Crippen LogP contribution is -2.36. The van der Waals surface area contributed by atoms with Gasteiger partial charge >= 0.3 is 0 Å². The lowest BCUT2D eigenvalue weighted by Gasteiger charge is -2.27. The highest BCUT2D eigenvalue weighted by Gasteiger charge is 2.47. The molecule has 3 N–H and O–H groups in total. The second kappa shape index (κ2) is 8.11. The maximum absolute atomic E-state index is 12.2. The van der Waals surface area contributed by atoms with Crippen molar-refractivity contribution in [2.75, 3.05) is 31.2 Å². The van der Waals surface area contributed by atoms with Gasteiger partial charge in [0.25, 0.3) is 0 Å². The number of imidazole rings is 1. The van der Waals surface area contributed by atoms with Crippen LogP contribution in [0.3, 0.4) is 0 Å². The molecule has 4 heterocycles. The first-order valence-electron chi connectivity index (χ1n) is 11.4. The number of amides is 1. The molecule has 0 unspecified atom stereocenters. The molecule has 9 heteroatoms. The summed E-state index contributed by atoms with van der Waals surface area (Å²) >= 11 is 6.62. The van der Waals surface area contributed by atoms with E-state index in [4.69, 9.17) is 27.1 Å².